The van der Waals surface area contributed by atoms with Gasteiger partial charge in [-0.2, -0.15) is 0 Å². The van der Waals surface area contributed by atoms with Crippen molar-refractivity contribution in [3.63, 3.8) is 0 Å². The summed E-state index contributed by atoms with van der Waals surface area (Å²) in [7, 11) is 0. The van der Waals surface area contributed by atoms with Crippen molar-refractivity contribution in [2.24, 2.45) is 0 Å². The van der Waals surface area contributed by atoms with E-state index in [0.717, 1.165) is 10.6 Å². The molecule has 0 aliphatic carbocycles. The zero-order chi connectivity index (χ0) is 16.5. The average Bonchev–Trinajstić information content (AvgIpc) is 3.06. The van der Waals surface area contributed by atoms with E-state index in [1.165, 1.54) is 0 Å². The Morgan fingerprint density at radius 2 is 2.05 bits per heavy atom. The van der Waals surface area contributed by atoms with Crippen molar-refractivity contribution in [1.82, 2.24) is 5.32 Å². The fraction of sp³-hybridized carbons (Fsp3) is 0.471. The lowest BCUT2D eigenvalue weighted by atomic mass is 9.89. The van der Waals surface area contributed by atoms with Crippen LogP contribution in [-0.4, -0.2) is 17.6 Å². The molecule has 1 amide bonds. The van der Waals surface area contributed by atoms with Crippen LogP contribution in [0.3, 0.4) is 0 Å². The topological polar surface area (TPSA) is 62.5 Å². The molecule has 1 unspecified atom stereocenters. The number of carbonyl (C=O) groups is 1. The molecule has 1 atom stereocenters. The summed E-state index contributed by atoms with van der Waals surface area (Å²) >= 11 is 1.56. The lowest BCUT2D eigenvalue weighted by Gasteiger charge is -2.27. The standard InChI is InChI=1S/C17H23NO3S/c1-11-9-13(12(2)21-11)17(5,20)10-18-15(19)16(3,4)14-7-6-8-22-14/h6-9,20H,10H2,1-5H3,(H,18,19). The highest BCUT2D eigenvalue weighted by atomic mass is 32.1. The second kappa shape index (κ2) is 5.89. The summed E-state index contributed by atoms with van der Waals surface area (Å²) in [5.74, 6) is 1.32. The number of hydrogen-bond donors (Lipinski definition) is 2. The Morgan fingerprint density at radius 1 is 1.36 bits per heavy atom. The van der Waals surface area contributed by atoms with Gasteiger partial charge >= 0.3 is 0 Å². The summed E-state index contributed by atoms with van der Waals surface area (Å²) in [4.78, 5) is 13.5. The molecule has 0 saturated heterocycles. The highest BCUT2D eigenvalue weighted by molar-refractivity contribution is 7.10. The van der Waals surface area contributed by atoms with Gasteiger partial charge in [0.2, 0.25) is 5.91 Å². The van der Waals surface area contributed by atoms with Crippen LogP contribution >= 0.6 is 11.3 Å². The van der Waals surface area contributed by atoms with Gasteiger partial charge in [-0.15, -0.1) is 11.3 Å². The number of hydrogen-bond acceptors (Lipinski definition) is 4. The van der Waals surface area contributed by atoms with Crippen LogP contribution < -0.4 is 5.32 Å². The zero-order valence-electron chi connectivity index (χ0n) is 13.7. The van der Waals surface area contributed by atoms with Crippen molar-refractivity contribution >= 4 is 17.2 Å². The van der Waals surface area contributed by atoms with Gasteiger partial charge in [0.25, 0.3) is 0 Å². The summed E-state index contributed by atoms with van der Waals surface area (Å²) in [6, 6.07) is 5.70. The minimum absolute atomic E-state index is 0.104. The highest BCUT2D eigenvalue weighted by Gasteiger charge is 2.34. The van der Waals surface area contributed by atoms with Crippen molar-refractivity contribution in [3.8, 4) is 0 Å². The van der Waals surface area contributed by atoms with Crippen LogP contribution in [0.25, 0.3) is 0 Å². The highest BCUT2D eigenvalue weighted by Crippen LogP contribution is 2.29. The summed E-state index contributed by atoms with van der Waals surface area (Å²) in [5.41, 5.74) is -1.08. The maximum absolute atomic E-state index is 12.5. The zero-order valence-corrected chi connectivity index (χ0v) is 14.5. The number of aryl methyl sites for hydroxylation is 2. The van der Waals surface area contributed by atoms with Crippen LogP contribution in [0.4, 0.5) is 0 Å². The van der Waals surface area contributed by atoms with Gasteiger partial charge in [-0.05, 0) is 52.1 Å². The third-order valence-corrected chi connectivity index (χ3v) is 5.11. The molecule has 2 aromatic rings. The first-order valence-electron chi connectivity index (χ1n) is 7.27. The first-order valence-corrected chi connectivity index (χ1v) is 8.15. The van der Waals surface area contributed by atoms with Gasteiger partial charge in [0.15, 0.2) is 0 Å². The van der Waals surface area contributed by atoms with Gasteiger partial charge in [-0.3, -0.25) is 4.79 Å². The lowest BCUT2D eigenvalue weighted by molar-refractivity contribution is -0.126. The molecule has 2 N–H and O–H groups in total. The van der Waals surface area contributed by atoms with Gasteiger partial charge in [-0.25, -0.2) is 0 Å². The van der Waals surface area contributed by atoms with Crippen LogP contribution in [0.5, 0.6) is 0 Å². The van der Waals surface area contributed by atoms with Crippen molar-refractivity contribution < 1.29 is 14.3 Å². The predicted octanol–water partition coefficient (Wildman–Crippen LogP) is 3.26. The fourth-order valence-electron chi connectivity index (χ4n) is 2.48. The minimum Gasteiger partial charge on any atom is -0.466 e. The summed E-state index contributed by atoms with van der Waals surface area (Å²) in [6.07, 6.45) is 0. The summed E-state index contributed by atoms with van der Waals surface area (Å²) < 4.78 is 5.46. The quantitative estimate of drug-likeness (QED) is 0.888. The van der Waals surface area contributed by atoms with Crippen LogP contribution in [0, 0.1) is 13.8 Å². The average molecular weight is 321 g/mol. The molecule has 2 heterocycles. The van der Waals surface area contributed by atoms with Crippen molar-refractivity contribution in [3.05, 3.63) is 45.5 Å². The number of carbonyl (C=O) groups excluding carboxylic acids is 1. The molecule has 0 spiro atoms. The number of aliphatic hydroxyl groups is 1. The fourth-order valence-corrected chi connectivity index (χ4v) is 3.33. The normalized spacial score (nSPS) is 14.6. The minimum atomic E-state index is -1.16. The third-order valence-electron chi connectivity index (χ3n) is 3.92. The summed E-state index contributed by atoms with van der Waals surface area (Å²) in [6.45, 7) is 9.24. The Balaban J connectivity index is 2.09. The Hall–Kier alpha value is -1.59. The van der Waals surface area contributed by atoms with E-state index in [1.807, 2.05) is 51.3 Å². The van der Waals surface area contributed by atoms with Gasteiger partial charge in [0, 0.05) is 10.4 Å². The van der Waals surface area contributed by atoms with Gasteiger partial charge in [-0.1, -0.05) is 6.07 Å². The van der Waals surface area contributed by atoms with Crippen LogP contribution in [0.15, 0.2) is 28.0 Å². The second-order valence-corrected chi connectivity index (χ2v) is 7.33. The molecular formula is C17H23NO3S. The van der Waals surface area contributed by atoms with E-state index in [9.17, 15) is 9.90 Å². The molecule has 0 saturated carbocycles. The van der Waals surface area contributed by atoms with E-state index in [-0.39, 0.29) is 12.5 Å². The van der Waals surface area contributed by atoms with E-state index in [1.54, 1.807) is 18.3 Å². The van der Waals surface area contributed by atoms with Crippen LogP contribution in [-0.2, 0) is 15.8 Å². The Kier molecular flexibility index (Phi) is 4.49. The molecule has 5 heteroatoms. The van der Waals surface area contributed by atoms with Crippen molar-refractivity contribution in [2.75, 3.05) is 6.54 Å². The largest absolute Gasteiger partial charge is 0.466 e. The molecule has 0 aromatic carbocycles. The Morgan fingerprint density at radius 3 is 2.55 bits per heavy atom. The molecule has 2 aromatic heterocycles. The lowest BCUT2D eigenvalue weighted by Crippen LogP contribution is -2.45. The SMILES string of the molecule is Cc1cc(C(C)(O)CNC(=O)C(C)(C)c2cccs2)c(C)o1. The van der Waals surface area contributed by atoms with E-state index < -0.39 is 11.0 Å². The number of furan rings is 1. The number of amides is 1. The number of nitrogens with one attached hydrogen (secondary N) is 1. The van der Waals surface area contributed by atoms with E-state index >= 15 is 0 Å². The third kappa shape index (κ3) is 3.25. The number of thiophene rings is 1. The van der Waals surface area contributed by atoms with Gasteiger partial charge in [0.05, 0.1) is 12.0 Å². The van der Waals surface area contributed by atoms with Crippen LogP contribution in [0.2, 0.25) is 0 Å². The van der Waals surface area contributed by atoms with Gasteiger partial charge in [0.1, 0.15) is 17.1 Å². The van der Waals surface area contributed by atoms with Crippen molar-refractivity contribution in [2.45, 2.75) is 45.6 Å². The van der Waals surface area contributed by atoms with E-state index in [0.29, 0.717) is 11.3 Å². The molecule has 0 aliphatic heterocycles. The Bertz CT molecular complexity index is 654. The molecule has 22 heavy (non-hydrogen) atoms. The van der Waals surface area contributed by atoms with E-state index in [2.05, 4.69) is 5.32 Å². The van der Waals surface area contributed by atoms with Crippen molar-refractivity contribution in [1.29, 1.82) is 0 Å². The number of rotatable bonds is 5. The van der Waals surface area contributed by atoms with E-state index in [4.69, 9.17) is 4.42 Å². The molecule has 0 fully saturated rings. The van der Waals surface area contributed by atoms with Crippen LogP contribution in [0.1, 0.15) is 42.7 Å². The van der Waals surface area contributed by atoms with Gasteiger partial charge < -0.3 is 14.8 Å². The molecule has 120 valence electrons. The first-order chi connectivity index (χ1) is 10.1. The first kappa shape index (κ1) is 16.8. The molecule has 0 aliphatic rings. The Labute approximate surface area is 135 Å². The predicted molar refractivity (Wildman–Crippen MR) is 88.1 cm³/mol. The smallest absolute Gasteiger partial charge is 0.231 e. The molecular weight excluding hydrogens is 298 g/mol. The maximum Gasteiger partial charge on any atom is 0.231 e. The molecule has 0 bridgehead atoms. The second-order valence-electron chi connectivity index (χ2n) is 6.39. The maximum atomic E-state index is 12.5. The monoisotopic (exact) mass is 321 g/mol. The molecule has 0 radical (unpaired) electrons. The molecule has 2 rings (SSSR count). The molecule has 4 nitrogen and oxygen atoms in total. The summed E-state index contributed by atoms with van der Waals surface area (Å²) in [5, 5.41) is 15.5.